The second-order valence-corrected chi connectivity index (χ2v) is 8.00. The first-order valence-electron chi connectivity index (χ1n) is 8.20. The molecule has 0 amide bonds. The summed E-state index contributed by atoms with van der Waals surface area (Å²) < 4.78 is 6.89. The third-order valence-electron chi connectivity index (χ3n) is 4.08. The van der Waals surface area contributed by atoms with E-state index < -0.39 is 5.97 Å². The molecule has 0 saturated carbocycles. The van der Waals surface area contributed by atoms with Gasteiger partial charge in [0.1, 0.15) is 5.75 Å². The van der Waals surface area contributed by atoms with E-state index in [1.54, 1.807) is 11.8 Å². The van der Waals surface area contributed by atoms with E-state index in [0.29, 0.717) is 23.1 Å². The third-order valence-corrected chi connectivity index (χ3v) is 6.12. The molecule has 9 heteroatoms. The van der Waals surface area contributed by atoms with Crippen molar-refractivity contribution in [3.8, 4) is 5.75 Å². The standard InChI is InChI=1S/C18H16N4O3S2/c1-25-12-6-4-11(5-7-12)9-15-19-20-18-22(15)21-17(13-3-2-8-26-13)14(27-18)10-16(23)24/h2-8,14H,9-10H2,1H3,(H,23,24)/p-1/t14-/m1/s1. The summed E-state index contributed by atoms with van der Waals surface area (Å²) in [6.45, 7) is 0. The topological polar surface area (TPSA) is 92.4 Å². The number of thioether (sulfide) groups is 1. The van der Waals surface area contributed by atoms with E-state index in [1.807, 2.05) is 41.8 Å². The number of methoxy groups -OCH3 is 1. The highest BCUT2D eigenvalue weighted by Gasteiger charge is 2.29. The van der Waals surface area contributed by atoms with Gasteiger partial charge in [-0.3, -0.25) is 0 Å². The van der Waals surface area contributed by atoms with Crippen molar-refractivity contribution < 1.29 is 14.6 Å². The summed E-state index contributed by atoms with van der Waals surface area (Å²) >= 11 is 2.88. The summed E-state index contributed by atoms with van der Waals surface area (Å²) in [6.07, 6.45) is 0.437. The lowest BCUT2D eigenvalue weighted by Crippen LogP contribution is -2.32. The smallest absolute Gasteiger partial charge is 0.212 e. The molecule has 2 aromatic heterocycles. The Morgan fingerprint density at radius 2 is 2.07 bits per heavy atom. The van der Waals surface area contributed by atoms with Crippen LogP contribution in [-0.4, -0.2) is 38.9 Å². The fourth-order valence-corrected chi connectivity index (χ4v) is 4.72. The number of hydrogen-bond donors (Lipinski definition) is 0. The van der Waals surface area contributed by atoms with Crippen LogP contribution in [0.2, 0.25) is 0 Å². The Morgan fingerprint density at radius 1 is 1.26 bits per heavy atom. The molecule has 0 spiro atoms. The molecule has 0 unspecified atom stereocenters. The minimum absolute atomic E-state index is 0.123. The minimum Gasteiger partial charge on any atom is -0.550 e. The second kappa shape index (κ2) is 7.53. The maximum Gasteiger partial charge on any atom is 0.212 e. The molecule has 0 radical (unpaired) electrons. The highest BCUT2D eigenvalue weighted by molar-refractivity contribution is 8.00. The van der Waals surface area contributed by atoms with E-state index in [4.69, 9.17) is 9.84 Å². The number of benzene rings is 1. The van der Waals surface area contributed by atoms with Crippen molar-refractivity contribution >= 4 is 34.8 Å². The Morgan fingerprint density at radius 3 is 2.74 bits per heavy atom. The molecule has 4 rings (SSSR count). The van der Waals surface area contributed by atoms with E-state index >= 15 is 0 Å². The van der Waals surface area contributed by atoms with Gasteiger partial charge in [0.25, 0.3) is 0 Å². The number of thiophene rings is 1. The van der Waals surface area contributed by atoms with Crippen LogP contribution >= 0.6 is 23.1 Å². The van der Waals surface area contributed by atoms with Crippen molar-refractivity contribution in [2.24, 2.45) is 5.10 Å². The first kappa shape index (κ1) is 17.7. The zero-order chi connectivity index (χ0) is 18.8. The van der Waals surface area contributed by atoms with Crippen molar-refractivity contribution in [2.45, 2.75) is 23.2 Å². The number of rotatable bonds is 6. The maximum atomic E-state index is 11.2. The molecule has 0 saturated heterocycles. The van der Waals surface area contributed by atoms with Gasteiger partial charge in [0, 0.05) is 18.8 Å². The minimum atomic E-state index is -1.11. The number of carbonyl (C=O) groups is 1. The van der Waals surface area contributed by atoms with E-state index in [-0.39, 0.29) is 11.7 Å². The fourth-order valence-electron chi connectivity index (χ4n) is 2.78. The Kier molecular flexibility index (Phi) is 4.95. The van der Waals surface area contributed by atoms with Crippen LogP contribution in [0.3, 0.4) is 0 Å². The number of carbonyl (C=O) groups excluding carboxylic acids is 1. The summed E-state index contributed by atoms with van der Waals surface area (Å²) in [5, 5.41) is 26.5. The van der Waals surface area contributed by atoms with Gasteiger partial charge < -0.3 is 14.6 Å². The Balaban J connectivity index is 1.67. The fraction of sp³-hybridized carbons (Fsp3) is 0.222. The summed E-state index contributed by atoms with van der Waals surface area (Å²) in [4.78, 5) is 12.1. The van der Waals surface area contributed by atoms with E-state index in [9.17, 15) is 9.90 Å². The lowest BCUT2D eigenvalue weighted by Gasteiger charge is -2.22. The molecule has 0 aliphatic carbocycles. The van der Waals surface area contributed by atoms with Gasteiger partial charge >= 0.3 is 0 Å². The van der Waals surface area contributed by atoms with Gasteiger partial charge in [-0.15, -0.1) is 21.5 Å². The molecule has 1 aliphatic heterocycles. The zero-order valence-electron chi connectivity index (χ0n) is 14.4. The quantitative estimate of drug-likeness (QED) is 0.628. The number of hydrogen-bond acceptors (Lipinski definition) is 8. The van der Waals surface area contributed by atoms with Gasteiger partial charge in [0.05, 0.1) is 22.9 Å². The number of aromatic nitrogens is 3. The van der Waals surface area contributed by atoms with Crippen molar-refractivity contribution in [3.05, 3.63) is 58.0 Å². The van der Waals surface area contributed by atoms with Crippen LogP contribution in [0.25, 0.3) is 0 Å². The highest BCUT2D eigenvalue weighted by Crippen LogP contribution is 2.33. The van der Waals surface area contributed by atoms with Crippen LogP contribution in [0, 0.1) is 0 Å². The van der Waals surface area contributed by atoms with Gasteiger partial charge in [0.2, 0.25) is 5.16 Å². The van der Waals surface area contributed by atoms with Gasteiger partial charge in [0.15, 0.2) is 5.82 Å². The summed E-state index contributed by atoms with van der Waals surface area (Å²) in [6, 6.07) is 11.6. The Bertz CT molecular complexity index is 981. The molecule has 138 valence electrons. The average molecular weight is 399 g/mol. The SMILES string of the molecule is COc1ccc(Cc2nnc3n2N=C(c2cccs2)[C@@H](CC(=O)[O-])S3)cc1. The Labute approximate surface area is 163 Å². The second-order valence-electron chi connectivity index (χ2n) is 5.88. The van der Waals surface area contributed by atoms with E-state index in [2.05, 4.69) is 10.2 Å². The largest absolute Gasteiger partial charge is 0.550 e. The van der Waals surface area contributed by atoms with Crippen LogP contribution in [0.15, 0.2) is 52.0 Å². The van der Waals surface area contributed by atoms with Gasteiger partial charge in [-0.2, -0.15) is 9.78 Å². The third kappa shape index (κ3) is 3.74. The van der Waals surface area contributed by atoms with Crippen LogP contribution in [0.5, 0.6) is 5.75 Å². The molecular weight excluding hydrogens is 384 g/mol. The molecule has 1 aromatic carbocycles. The van der Waals surface area contributed by atoms with Crippen molar-refractivity contribution in [1.29, 1.82) is 0 Å². The summed E-state index contributed by atoms with van der Waals surface area (Å²) in [5.41, 5.74) is 1.77. The van der Waals surface area contributed by atoms with Crippen molar-refractivity contribution in [3.63, 3.8) is 0 Å². The average Bonchev–Trinajstić information content (AvgIpc) is 3.32. The van der Waals surface area contributed by atoms with Crippen LogP contribution in [-0.2, 0) is 11.2 Å². The van der Waals surface area contributed by atoms with Crippen molar-refractivity contribution in [1.82, 2.24) is 14.9 Å². The van der Waals surface area contributed by atoms with Crippen LogP contribution in [0.4, 0.5) is 0 Å². The lowest BCUT2D eigenvalue weighted by molar-refractivity contribution is -0.305. The summed E-state index contributed by atoms with van der Waals surface area (Å²) in [5.74, 6) is 0.382. The molecule has 0 fully saturated rings. The molecule has 3 heterocycles. The summed E-state index contributed by atoms with van der Waals surface area (Å²) in [7, 11) is 1.63. The number of nitrogens with zero attached hydrogens (tertiary/aromatic N) is 4. The number of carboxylic acid groups (broad SMARTS) is 1. The molecule has 1 aliphatic rings. The van der Waals surface area contributed by atoms with E-state index in [1.165, 1.54) is 23.1 Å². The normalized spacial score (nSPS) is 15.9. The molecule has 3 aromatic rings. The molecule has 27 heavy (non-hydrogen) atoms. The lowest BCUT2D eigenvalue weighted by atomic mass is 10.1. The number of fused-ring (bicyclic) bond motifs is 1. The van der Waals surface area contributed by atoms with E-state index in [0.717, 1.165) is 16.2 Å². The van der Waals surface area contributed by atoms with Gasteiger partial charge in [-0.25, -0.2) is 0 Å². The number of ether oxygens (including phenoxy) is 1. The predicted octanol–water partition coefficient (Wildman–Crippen LogP) is 1.81. The molecule has 0 N–H and O–H groups in total. The monoisotopic (exact) mass is 399 g/mol. The molecule has 1 atom stereocenters. The number of carboxylic acids is 1. The molecule has 0 bridgehead atoms. The highest BCUT2D eigenvalue weighted by atomic mass is 32.2. The first-order valence-corrected chi connectivity index (χ1v) is 9.96. The predicted molar refractivity (Wildman–Crippen MR) is 101 cm³/mol. The zero-order valence-corrected chi connectivity index (χ0v) is 16.0. The van der Waals surface area contributed by atoms with Gasteiger partial charge in [-0.05, 0) is 29.1 Å². The molecular formula is C18H15N4O3S2-. The van der Waals surface area contributed by atoms with Crippen molar-refractivity contribution in [2.75, 3.05) is 7.11 Å². The van der Waals surface area contributed by atoms with Crippen LogP contribution < -0.4 is 9.84 Å². The van der Waals surface area contributed by atoms with Gasteiger partial charge in [-0.1, -0.05) is 30.0 Å². The maximum absolute atomic E-state index is 11.2. The first-order chi connectivity index (χ1) is 13.1. The molecule has 7 nitrogen and oxygen atoms in total. The van der Waals surface area contributed by atoms with Crippen LogP contribution in [0.1, 0.15) is 22.7 Å². The number of aliphatic carboxylic acids is 1. The Hall–Kier alpha value is -2.65.